The van der Waals surface area contributed by atoms with Gasteiger partial charge in [-0.2, -0.15) is 0 Å². The van der Waals surface area contributed by atoms with Gasteiger partial charge in [-0.3, -0.25) is 10.4 Å². The van der Waals surface area contributed by atoms with Crippen LogP contribution in [0, 0.1) is 12.7 Å². The Kier molecular flexibility index (Phi) is 5.11. The van der Waals surface area contributed by atoms with E-state index in [1.165, 1.54) is 11.6 Å². The first-order valence-electron chi connectivity index (χ1n) is 6.76. The minimum Gasteiger partial charge on any atom is -0.329 e. The highest BCUT2D eigenvalue weighted by Gasteiger charge is 2.07. The Bertz CT molecular complexity index is 613. The zero-order chi connectivity index (χ0) is 15.2. The molecule has 0 aliphatic heterocycles. The molecule has 0 amide bonds. The van der Waals surface area contributed by atoms with E-state index in [2.05, 4.69) is 10.7 Å². The van der Waals surface area contributed by atoms with Gasteiger partial charge in [0, 0.05) is 6.54 Å². The van der Waals surface area contributed by atoms with Gasteiger partial charge in [-0.25, -0.2) is 4.39 Å². The molecule has 0 atom stereocenters. The number of para-hydroxylation sites is 1. The van der Waals surface area contributed by atoms with E-state index in [4.69, 9.17) is 12.2 Å². The van der Waals surface area contributed by atoms with E-state index < -0.39 is 0 Å². The molecule has 2 aromatic rings. The number of hydrogen-bond donors (Lipinski definition) is 2. The van der Waals surface area contributed by atoms with E-state index in [1.807, 2.05) is 43.1 Å². The van der Waals surface area contributed by atoms with E-state index in [0.717, 1.165) is 12.2 Å². The molecule has 0 bridgehead atoms. The third kappa shape index (κ3) is 4.16. The van der Waals surface area contributed by atoms with Gasteiger partial charge < -0.3 is 5.32 Å². The van der Waals surface area contributed by atoms with Crippen molar-refractivity contribution < 1.29 is 4.39 Å². The van der Waals surface area contributed by atoms with Crippen LogP contribution in [0.5, 0.6) is 0 Å². The molecular weight excluding hydrogens is 285 g/mol. The maximum atomic E-state index is 13.6. The molecule has 0 saturated carbocycles. The van der Waals surface area contributed by atoms with Gasteiger partial charge in [-0.1, -0.05) is 29.8 Å². The number of halogens is 1. The summed E-state index contributed by atoms with van der Waals surface area (Å²) < 4.78 is 13.6. The van der Waals surface area contributed by atoms with Crippen LogP contribution in [0.1, 0.15) is 12.5 Å². The van der Waals surface area contributed by atoms with E-state index in [0.29, 0.717) is 10.8 Å². The standard InChI is InChI=1S/C16H18FN3S/c1-3-20(13-10-8-12(2)9-11-13)19-16(21)18-15-7-5-4-6-14(15)17/h4-11H,3H2,1-2H3,(H2,18,19,21). The highest BCUT2D eigenvalue weighted by atomic mass is 32.1. The summed E-state index contributed by atoms with van der Waals surface area (Å²) in [6.07, 6.45) is 0. The molecule has 0 saturated heterocycles. The molecule has 0 fully saturated rings. The number of hydrogen-bond acceptors (Lipinski definition) is 2. The summed E-state index contributed by atoms with van der Waals surface area (Å²) >= 11 is 5.23. The van der Waals surface area contributed by atoms with Crippen molar-refractivity contribution in [2.24, 2.45) is 0 Å². The van der Waals surface area contributed by atoms with Crippen LogP contribution in [0.4, 0.5) is 15.8 Å². The van der Waals surface area contributed by atoms with Crippen molar-refractivity contribution in [2.75, 3.05) is 16.9 Å². The van der Waals surface area contributed by atoms with Gasteiger partial charge in [0.15, 0.2) is 5.11 Å². The topological polar surface area (TPSA) is 27.3 Å². The number of hydrazine groups is 1. The first-order valence-corrected chi connectivity index (χ1v) is 7.17. The van der Waals surface area contributed by atoms with Crippen molar-refractivity contribution in [1.82, 2.24) is 5.43 Å². The lowest BCUT2D eigenvalue weighted by molar-refractivity contribution is 0.632. The molecule has 0 radical (unpaired) electrons. The van der Waals surface area contributed by atoms with Gasteiger partial charge in [0.1, 0.15) is 5.82 Å². The number of benzene rings is 2. The molecule has 110 valence electrons. The van der Waals surface area contributed by atoms with Crippen LogP contribution in [-0.2, 0) is 0 Å². The highest BCUT2D eigenvalue weighted by Crippen LogP contribution is 2.14. The third-order valence-electron chi connectivity index (χ3n) is 3.02. The van der Waals surface area contributed by atoms with E-state index in [9.17, 15) is 4.39 Å². The van der Waals surface area contributed by atoms with Gasteiger partial charge in [0.2, 0.25) is 0 Å². The Balaban J connectivity index is 2.03. The summed E-state index contributed by atoms with van der Waals surface area (Å²) in [4.78, 5) is 0. The fourth-order valence-corrected chi connectivity index (χ4v) is 2.11. The summed E-state index contributed by atoms with van der Waals surface area (Å²) in [5.41, 5.74) is 5.62. The summed E-state index contributed by atoms with van der Waals surface area (Å²) in [5.74, 6) is -0.333. The molecule has 0 aromatic heterocycles. The number of rotatable bonds is 4. The highest BCUT2D eigenvalue weighted by molar-refractivity contribution is 7.80. The molecule has 2 rings (SSSR count). The molecule has 0 heterocycles. The van der Waals surface area contributed by atoms with Crippen molar-refractivity contribution in [3.05, 3.63) is 59.9 Å². The Morgan fingerprint density at radius 1 is 1.14 bits per heavy atom. The van der Waals surface area contributed by atoms with Gasteiger partial charge in [0.05, 0.1) is 11.4 Å². The lowest BCUT2D eigenvalue weighted by atomic mass is 10.2. The van der Waals surface area contributed by atoms with Crippen molar-refractivity contribution in [3.63, 3.8) is 0 Å². The van der Waals surface area contributed by atoms with Crippen molar-refractivity contribution in [3.8, 4) is 0 Å². The quantitative estimate of drug-likeness (QED) is 0.662. The maximum absolute atomic E-state index is 13.6. The zero-order valence-corrected chi connectivity index (χ0v) is 12.9. The average Bonchev–Trinajstić information content (AvgIpc) is 2.48. The second-order valence-corrected chi connectivity index (χ2v) is 5.03. The van der Waals surface area contributed by atoms with Crippen LogP contribution in [0.25, 0.3) is 0 Å². The lowest BCUT2D eigenvalue weighted by Crippen LogP contribution is -2.44. The second kappa shape index (κ2) is 7.04. The summed E-state index contributed by atoms with van der Waals surface area (Å²) in [6.45, 7) is 4.78. The van der Waals surface area contributed by atoms with E-state index in [-0.39, 0.29) is 5.82 Å². The minimum atomic E-state index is -0.333. The number of nitrogens with zero attached hydrogens (tertiary/aromatic N) is 1. The van der Waals surface area contributed by atoms with E-state index in [1.54, 1.807) is 18.2 Å². The Labute approximate surface area is 129 Å². The van der Waals surface area contributed by atoms with Gasteiger partial charge in [-0.05, 0) is 50.3 Å². The van der Waals surface area contributed by atoms with Crippen LogP contribution < -0.4 is 15.8 Å². The predicted octanol–water partition coefficient (Wildman–Crippen LogP) is 3.86. The molecule has 0 aliphatic carbocycles. The Hall–Kier alpha value is -2.14. The molecule has 3 nitrogen and oxygen atoms in total. The number of anilines is 2. The van der Waals surface area contributed by atoms with Crippen molar-refractivity contribution in [2.45, 2.75) is 13.8 Å². The molecule has 0 spiro atoms. The molecule has 21 heavy (non-hydrogen) atoms. The number of aryl methyl sites for hydroxylation is 1. The monoisotopic (exact) mass is 303 g/mol. The second-order valence-electron chi connectivity index (χ2n) is 4.63. The van der Waals surface area contributed by atoms with Gasteiger partial charge in [0.25, 0.3) is 0 Å². The molecule has 0 unspecified atom stereocenters. The summed E-state index contributed by atoms with van der Waals surface area (Å²) in [7, 11) is 0. The molecule has 0 aliphatic rings. The smallest absolute Gasteiger partial charge is 0.189 e. The van der Waals surface area contributed by atoms with Crippen LogP contribution in [0.3, 0.4) is 0 Å². The van der Waals surface area contributed by atoms with Crippen molar-refractivity contribution in [1.29, 1.82) is 0 Å². The molecule has 5 heteroatoms. The first kappa shape index (κ1) is 15.3. The fourth-order valence-electron chi connectivity index (χ4n) is 1.89. The minimum absolute atomic E-state index is 0.333. The van der Waals surface area contributed by atoms with Crippen LogP contribution in [0.2, 0.25) is 0 Å². The Morgan fingerprint density at radius 2 is 1.81 bits per heavy atom. The van der Waals surface area contributed by atoms with E-state index >= 15 is 0 Å². The Morgan fingerprint density at radius 3 is 2.43 bits per heavy atom. The largest absolute Gasteiger partial charge is 0.329 e. The molecule has 2 N–H and O–H groups in total. The van der Waals surface area contributed by atoms with Gasteiger partial charge in [-0.15, -0.1) is 0 Å². The maximum Gasteiger partial charge on any atom is 0.189 e. The number of nitrogens with one attached hydrogen (secondary N) is 2. The van der Waals surface area contributed by atoms with Crippen LogP contribution in [0.15, 0.2) is 48.5 Å². The lowest BCUT2D eigenvalue weighted by Gasteiger charge is -2.25. The normalized spacial score (nSPS) is 10.0. The third-order valence-corrected chi connectivity index (χ3v) is 3.21. The summed E-state index contributed by atoms with van der Waals surface area (Å²) in [5, 5.41) is 5.11. The zero-order valence-electron chi connectivity index (χ0n) is 12.1. The van der Waals surface area contributed by atoms with Crippen LogP contribution >= 0.6 is 12.2 Å². The molecular formula is C16H18FN3S. The van der Waals surface area contributed by atoms with Crippen LogP contribution in [-0.4, -0.2) is 11.7 Å². The number of thiocarbonyl (C=S) groups is 1. The molecule has 2 aromatic carbocycles. The summed E-state index contributed by atoms with van der Waals surface area (Å²) in [6, 6.07) is 14.5. The van der Waals surface area contributed by atoms with Gasteiger partial charge >= 0.3 is 0 Å². The van der Waals surface area contributed by atoms with Crippen molar-refractivity contribution >= 4 is 28.7 Å². The SMILES string of the molecule is CCN(NC(=S)Nc1ccccc1F)c1ccc(C)cc1. The fraction of sp³-hybridized carbons (Fsp3) is 0.188. The first-order chi connectivity index (χ1) is 10.1. The average molecular weight is 303 g/mol. The predicted molar refractivity (Wildman–Crippen MR) is 90.0 cm³/mol.